The van der Waals surface area contributed by atoms with Gasteiger partial charge < -0.3 is 20.2 Å². The molecule has 11 heteroatoms. The number of nitrogens with zero attached hydrogens (tertiary/aromatic N) is 1. The van der Waals surface area contributed by atoms with E-state index in [2.05, 4.69) is 10.1 Å². The lowest BCUT2D eigenvalue weighted by Gasteiger charge is -2.17. The molecule has 0 atom stereocenters. The molecule has 37 heavy (non-hydrogen) atoms. The first kappa shape index (κ1) is 25.6. The quantitative estimate of drug-likeness (QED) is 0.219. The number of carbonyl (C=O) groups excluding carboxylic acids is 2. The number of halogens is 3. The number of anilines is 3. The first-order valence-corrected chi connectivity index (χ1v) is 11.1. The summed E-state index contributed by atoms with van der Waals surface area (Å²) in [4.78, 5) is 25.3. The minimum absolute atomic E-state index is 0.00143. The molecule has 3 N–H and O–H groups in total. The molecule has 0 fully saturated rings. The lowest BCUT2D eigenvalue weighted by molar-refractivity contribution is -0.330. The second-order valence-electron chi connectivity index (χ2n) is 7.83. The molecule has 192 valence electrons. The predicted octanol–water partition coefficient (Wildman–Crippen LogP) is 5.35. The van der Waals surface area contributed by atoms with Crippen molar-refractivity contribution < 1.29 is 36.7 Å². The fraction of sp³-hybridized carbons (Fsp3) is 0.154. The van der Waals surface area contributed by atoms with Gasteiger partial charge in [-0.25, -0.2) is 0 Å². The van der Waals surface area contributed by atoms with Crippen molar-refractivity contribution in [2.24, 2.45) is 0 Å². The van der Waals surface area contributed by atoms with Crippen LogP contribution in [0.25, 0.3) is 11.0 Å². The number of carbonyl (C=O) groups is 2. The number of nitrogens with two attached hydrogens (primary N) is 1. The Bertz CT molecular complexity index is 1390. The summed E-state index contributed by atoms with van der Waals surface area (Å²) in [6.07, 6.45) is -4.40. The molecule has 0 aliphatic heterocycles. The molecule has 2 amide bonds. The van der Waals surface area contributed by atoms with Crippen LogP contribution in [-0.4, -0.2) is 31.8 Å². The third kappa shape index (κ3) is 6.39. The van der Waals surface area contributed by atoms with E-state index < -0.39 is 13.0 Å². The van der Waals surface area contributed by atoms with Gasteiger partial charge in [-0.1, -0.05) is 30.3 Å². The Morgan fingerprint density at radius 3 is 2.43 bits per heavy atom. The number of benzene rings is 3. The SMILES string of the molecule is Nc1ccccc1NC(=O)c1ccc(OCCN(C=O)c2oc3ccccc3c2COC(F)(F)F)cc1. The van der Waals surface area contributed by atoms with Gasteiger partial charge in [-0.05, 0) is 42.5 Å². The van der Waals surface area contributed by atoms with E-state index in [1.807, 2.05) is 0 Å². The van der Waals surface area contributed by atoms with Crippen LogP contribution in [0.1, 0.15) is 15.9 Å². The molecule has 1 aromatic heterocycles. The minimum atomic E-state index is -4.85. The predicted molar refractivity (Wildman–Crippen MR) is 131 cm³/mol. The van der Waals surface area contributed by atoms with Gasteiger partial charge in [0.1, 0.15) is 17.9 Å². The maximum absolute atomic E-state index is 12.7. The van der Waals surface area contributed by atoms with E-state index in [9.17, 15) is 22.8 Å². The second kappa shape index (κ2) is 11.0. The van der Waals surface area contributed by atoms with E-state index in [1.165, 1.54) is 0 Å². The van der Waals surface area contributed by atoms with Crippen molar-refractivity contribution in [3.63, 3.8) is 0 Å². The number of nitrogens with one attached hydrogen (secondary N) is 1. The van der Waals surface area contributed by atoms with Crippen molar-refractivity contribution in [3.8, 4) is 5.75 Å². The summed E-state index contributed by atoms with van der Waals surface area (Å²) in [6, 6.07) is 19.6. The number of alkyl halides is 3. The summed E-state index contributed by atoms with van der Waals surface area (Å²) >= 11 is 0. The minimum Gasteiger partial charge on any atom is -0.492 e. The standard InChI is InChI=1S/C26H22F3N3O5/c27-26(28,29)36-15-20-19-5-1-4-8-23(19)37-25(20)32(16-33)13-14-35-18-11-9-17(10-12-18)24(34)31-22-7-3-2-6-21(22)30/h1-12,16H,13-15,30H2,(H,31,34). The van der Waals surface area contributed by atoms with Gasteiger partial charge in [-0.3, -0.25) is 19.2 Å². The highest BCUT2D eigenvalue weighted by Crippen LogP contribution is 2.34. The van der Waals surface area contributed by atoms with Gasteiger partial charge in [-0.2, -0.15) is 0 Å². The number of furan rings is 1. The normalized spacial score (nSPS) is 11.3. The lowest BCUT2D eigenvalue weighted by Crippen LogP contribution is -2.27. The second-order valence-corrected chi connectivity index (χ2v) is 7.83. The van der Waals surface area contributed by atoms with Gasteiger partial charge in [0, 0.05) is 16.5 Å². The fourth-order valence-electron chi connectivity index (χ4n) is 3.58. The van der Waals surface area contributed by atoms with Crippen LogP contribution in [0.3, 0.4) is 0 Å². The molecule has 8 nitrogen and oxygen atoms in total. The van der Waals surface area contributed by atoms with Gasteiger partial charge in [0.25, 0.3) is 5.91 Å². The van der Waals surface area contributed by atoms with Crippen molar-refractivity contribution in [1.29, 1.82) is 0 Å². The van der Waals surface area contributed by atoms with Crippen molar-refractivity contribution in [2.45, 2.75) is 13.0 Å². The molecule has 4 aromatic rings. The van der Waals surface area contributed by atoms with Crippen molar-refractivity contribution in [1.82, 2.24) is 0 Å². The Hall–Kier alpha value is -4.51. The highest BCUT2D eigenvalue weighted by molar-refractivity contribution is 6.05. The average Bonchev–Trinajstić information content (AvgIpc) is 3.25. The number of rotatable bonds is 10. The molecule has 0 spiro atoms. The highest BCUT2D eigenvalue weighted by Gasteiger charge is 2.31. The van der Waals surface area contributed by atoms with E-state index in [-0.39, 0.29) is 30.5 Å². The molecule has 4 rings (SSSR count). The number of amides is 2. The van der Waals surface area contributed by atoms with E-state index in [1.54, 1.807) is 72.8 Å². The van der Waals surface area contributed by atoms with Crippen LogP contribution in [0, 0.1) is 0 Å². The number of hydrogen-bond donors (Lipinski definition) is 2. The summed E-state index contributed by atoms with van der Waals surface area (Å²) < 4.78 is 53.3. The third-order valence-corrected chi connectivity index (χ3v) is 5.37. The number of nitrogen functional groups attached to an aromatic ring is 1. The highest BCUT2D eigenvalue weighted by atomic mass is 19.4. The zero-order valence-electron chi connectivity index (χ0n) is 19.3. The molecule has 0 aliphatic carbocycles. The number of para-hydroxylation sites is 3. The molecule has 1 heterocycles. The molecular weight excluding hydrogens is 491 g/mol. The lowest BCUT2D eigenvalue weighted by atomic mass is 10.1. The smallest absolute Gasteiger partial charge is 0.492 e. The summed E-state index contributed by atoms with van der Waals surface area (Å²) in [5, 5.41) is 3.13. The van der Waals surface area contributed by atoms with Crippen LogP contribution in [0.4, 0.5) is 30.4 Å². The molecule has 0 aliphatic rings. The average molecular weight is 513 g/mol. The van der Waals surface area contributed by atoms with Crippen LogP contribution in [-0.2, 0) is 16.1 Å². The van der Waals surface area contributed by atoms with Gasteiger partial charge in [-0.15, -0.1) is 13.2 Å². The topological polar surface area (TPSA) is 107 Å². The Balaban J connectivity index is 1.40. The molecule has 0 unspecified atom stereocenters. The zero-order chi connectivity index (χ0) is 26.4. The first-order chi connectivity index (χ1) is 17.7. The maximum Gasteiger partial charge on any atom is 0.522 e. The van der Waals surface area contributed by atoms with Gasteiger partial charge in [0.15, 0.2) is 0 Å². The van der Waals surface area contributed by atoms with Gasteiger partial charge in [0.05, 0.1) is 24.5 Å². The maximum atomic E-state index is 12.7. The van der Waals surface area contributed by atoms with E-state index in [0.717, 1.165) is 4.90 Å². The van der Waals surface area contributed by atoms with Gasteiger partial charge >= 0.3 is 6.36 Å². The zero-order valence-corrected chi connectivity index (χ0v) is 19.3. The molecule has 0 radical (unpaired) electrons. The summed E-state index contributed by atoms with van der Waals surface area (Å²) in [6.45, 7) is -0.835. The summed E-state index contributed by atoms with van der Waals surface area (Å²) in [5.74, 6) is 0.0122. The van der Waals surface area contributed by atoms with Crippen LogP contribution in [0.5, 0.6) is 5.75 Å². The number of hydrogen-bond acceptors (Lipinski definition) is 6. The molecule has 0 bridgehead atoms. The van der Waals surface area contributed by atoms with Crippen molar-refractivity contribution in [2.75, 3.05) is 29.1 Å². The number of ether oxygens (including phenoxy) is 2. The van der Waals surface area contributed by atoms with Gasteiger partial charge in [0.2, 0.25) is 12.3 Å². The monoisotopic (exact) mass is 513 g/mol. The van der Waals surface area contributed by atoms with E-state index in [4.69, 9.17) is 14.9 Å². The third-order valence-electron chi connectivity index (χ3n) is 5.37. The molecular formula is C26H22F3N3O5. The van der Waals surface area contributed by atoms with Crippen molar-refractivity contribution >= 4 is 40.5 Å². The Morgan fingerprint density at radius 2 is 1.73 bits per heavy atom. The first-order valence-electron chi connectivity index (χ1n) is 11.1. The fourth-order valence-corrected chi connectivity index (χ4v) is 3.58. The van der Waals surface area contributed by atoms with E-state index >= 15 is 0 Å². The Labute approximate surface area is 209 Å². The van der Waals surface area contributed by atoms with Crippen LogP contribution in [0.15, 0.2) is 77.2 Å². The van der Waals surface area contributed by atoms with Crippen LogP contribution < -0.4 is 20.7 Å². The molecule has 0 saturated carbocycles. The summed E-state index contributed by atoms with van der Waals surface area (Å²) in [5.41, 5.74) is 7.56. The van der Waals surface area contributed by atoms with Crippen LogP contribution >= 0.6 is 0 Å². The Kier molecular flexibility index (Phi) is 7.63. The molecule has 0 saturated heterocycles. The Morgan fingerprint density at radius 1 is 1.03 bits per heavy atom. The van der Waals surface area contributed by atoms with Crippen LogP contribution in [0.2, 0.25) is 0 Å². The van der Waals surface area contributed by atoms with Crippen molar-refractivity contribution in [3.05, 3.63) is 83.9 Å². The van der Waals surface area contributed by atoms with E-state index in [0.29, 0.717) is 40.1 Å². The molecule has 3 aromatic carbocycles. The summed E-state index contributed by atoms with van der Waals surface area (Å²) in [7, 11) is 0. The number of fused-ring (bicyclic) bond motifs is 1. The largest absolute Gasteiger partial charge is 0.522 e.